The Morgan fingerprint density at radius 1 is 0.919 bits per heavy atom. The summed E-state index contributed by atoms with van der Waals surface area (Å²) in [4.78, 5) is 52.2. The van der Waals surface area contributed by atoms with Gasteiger partial charge in [0.2, 0.25) is 5.91 Å². The summed E-state index contributed by atoms with van der Waals surface area (Å²) in [5.74, 6) is -1.01. The highest BCUT2D eigenvalue weighted by Gasteiger charge is 2.36. The van der Waals surface area contributed by atoms with Crippen LogP contribution in [0.4, 0.5) is 16.2 Å². The van der Waals surface area contributed by atoms with Crippen LogP contribution >= 0.6 is 23.5 Å². The molecule has 37 heavy (non-hydrogen) atoms. The van der Waals surface area contributed by atoms with Crippen molar-refractivity contribution in [2.45, 2.75) is 4.90 Å². The van der Waals surface area contributed by atoms with Crippen molar-refractivity contribution in [3.8, 4) is 5.75 Å². The topological polar surface area (TPSA) is 105 Å². The third kappa shape index (κ3) is 7.02. The van der Waals surface area contributed by atoms with Crippen LogP contribution < -0.4 is 15.4 Å². The molecule has 3 aromatic carbocycles. The summed E-state index contributed by atoms with van der Waals surface area (Å²) in [5.41, 5.74) is 1.76. The van der Waals surface area contributed by atoms with Crippen LogP contribution in [-0.2, 0) is 14.4 Å². The number of hydrogen-bond acceptors (Lipinski definition) is 7. The minimum absolute atomic E-state index is 0.159. The fourth-order valence-electron chi connectivity index (χ4n) is 3.42. The van der Waals surface area contributed by atoms with E-state index in [0.29, 0.717) is 22.7 Å². The number of hydrogen-bond donors (Lipinski definition) is 2. The molecule has 0 unspecified atom stereocenters. The minimum Gasteiger partial charge on any atom is -0.483 e. The molecule has 0 aliphatic carbocycles. The van der Waals surface area contributed by atoms with Gasteiger partial charge in [-0.3, -0.25) is 24.1 Å². The molecule has 8 nitrogen and oxygen atoms in total. The van der Waals surface area contributed by atoms with Crippen molar-refractivity contribution < 1.29 is 23.9 Å². The Bertz CT molecular complexity index is 1360. The lowest BCUT2D eigenvalue weighted by atomic mass is 10.2. The van der Waals surface area contributed by atoms with Crippen molar-refractivity contribution in [1.82, 2.24) is 4.90 Å². The van der Waals surface area contributed by atoms with Gasteiger partial charge in [-0.25, -0.2) is 0 Å². The van der Waals surface area contributed by atoms with Gasteiger partial charge < -0.3 is 15.4 Å². The molecule has 0 bridgehead atoms. The van der Waals surface area contributed by atoms with Crippen LogP contribution in [0, 0.1) is 0 Å². The number of amides is 4. The van der Waals surface area contributed by atoms with E-state index in [9.17, 15) is 19.2 Å². The van der Waals surface area contributed by atoms with Crippen LogP contribution in [0.3, 0.4) is 0 Å². The Balaban J connectivity index is 1.39. The Labute approximate surface area is 222 Å². The first-order chi connectivity index (χ1) is 17.9. The lowest BCUT2D eigenvalue weighted by Crippen LogP contribution is -2.36. The predicted octanol–water partition coefficient (Wildman–Crippen LogP) is 5.10. The molecule has 4 rings (SSSR count). The van der Waals surface area contributed by atoms with E-state index in [1.165, 1.54) is 17.8 Å². The van der Waals surface area contributed by atoms with Gasteiger partial charge in [-0.05, 0) is 60.5 Å². The molecular weight excluding hydrogens is 510 g/mol. The van der Waals surface area contributed by atoms with Gasteiger partial charge in [-0.2, -0.15) is 0 Å². The smallest absolute Gasteiger partial charge is 0.294 e. The Morgan fingerprint density at radius 2 is 1.62 bits per heavy atom. The standard InChI is InChI=1S/C27H23N3O5S2/c1-36-21-12-7-11-20(15-21)29-24(31)16-30-26(33)23(37-27(30)34)14-18-8-5-6-13-22(18)35-17-25(32)28-19-9-3-2-4-10-19/h2-15H,16-17H2,1H3,(H,28,32)(H,29,31)/b23-14+. The van der Waals surface area contributed by atoms with E-state index in [1.807, 2.05) is 42.7 Å². The van der Waals surface area contributed by atoms with E-state index in [2.05, 4.69) is 10.6 Å². The molecule has 188 valence electrons. The molecule has 0 radical (unpaired) electrons. The summed E-state index contributed by atoms with van der Waals surface area (Å²) in [6.45, 7) is -0.636. The van der Waals surface area contributed by atoms with E-state index >= 15 is 0 Å². The Hall–Kier alpha value is -4.02. The molecule has 1 fully saturated rings. The van der Waals surface area contributed by atoms with Crippen LogP contribution in [0.5, 0.6) is 5.75 Å². The quantitative estimate of drug-likeness (QED) is 0.291. The highest BCUT2D eigenvalue weighted by molar-refractivity contribution is 8.18. The number of benzene rings is 3. The van der Waals surface area contributed by atoms with Crippen molar-refractivity contribution in [3.63, 3.8) is 0 Å². The zero-order valence-electron chi connectivity index (χ0n) is 19.8. The summed E-state index contributed by atoms with van der Waals surface area (Å²) in [6.07, 6.45) is 3.45. The summed E-state index contributed by atoms with van der Waals surface area (Å²) in [5, 5.41) is 4.92. The number of nitrogens with one attached hydrogen (secondary N) is 2. The van der Waals surface area contributed by atoms with Gasteiger partial charge in [-0.1, -0.05) is 42.5 Å². The first-order valence-corrected chi connectivity index (χ1v) is 13.2. The molecule has 4 amide bonds. The van der Waals surface area contributed by atoms with E-state index < -0.39 is 23.6 Å². The number of anilines is 2. The average Bonchev–Trinajstić information content (AvgIpc) is 3.16. The van der Waals surface area contributed by atoms with Crippen molar-refractivity contribution >= 4 is 63.9 Å². The molecule has 1 heterocycles. The number of carbonyl (C=O) groups is 4. The van der Waals surface area contributed by atoms with Crippen LogP contribution in [0.25, 0.3) is 6.08 Å². The molecule has 0 saturated carbocycles. The number of thioether (sulfide) groups is 2. The largest absolute Gasteiger partial charge is 0.483 e. The maximum Gasteiger partial charge on any atom is 0.294 e. The average molecular weight is 534 g/mol. The van der Waals surface area contributed by atoms with E-state index in [0.717, 1.165) is 21.6 Å². The Kier molecular flexibility index (Phi) is 8.65. The number of imide groups is 1. The van der Waals surface area contributed by atoms with E-state index in [1.54, 1.807) is 42.5 Å². The second-order valence-corrected chi connectivity index (χ2v) is 9.66. The number of para-hydroxylation sites is 2. The fraction of sp³-hybridized carbons (Fsp3) is 0.111. The van der Waals surface area contributed by atoms with Gasteiger partial charge in [0.05, 0.1) is 4.91 Å². The summed E-state index contributed by atoms with van der Waals surface area (Å²) in [7, 11) is 0. The molecule has 2 N–H and O–H groups in total. The van der Waals surface area contributed by atoms with Crippen LogP contribution in [0.1, 0.15) is 5.56 Å². The Morgan fingerprint density at radius 3 is 2.41 bits per heavy atom. The molecule has 0 atom stereocenters. The first kappa shape index (κ1) is 26.1. The lowest BCUT2D eigenvalue weighted by Gasteiger charge is -2.13. The summed E-state index contributed by atoms with van der Waals surface area (Å²) >= 11 is 2.28. The molecule has 1 aliphatic rings. The molecule has 1 aliphatic heterocycles. The summed E-state index contributed by atoms with van der Waals surface area (Å²) in [6, 6.07) is 23.2. The molecule has 10 heteroatoms. The third-order valence-corrected chi connectivity index (χ3v) is 6.78. The second kappa shape index (κ2) is 12.3. The molecular formula is C27H23N3O5S2. The molecule has 1 saturated heterocycles. The van der Waals surface area contributed by atoms with Crippen molar-refractivity contribution in [2.24, 2.45) is 0 Å². The number of nitrogens with zero attached hydrogens (tertiary/aromatic N) is 1. The minimum atomic E-state index is -0.570. The number of rotatable bonds is 9. The van der Waals surface area contributed by atoms with Gasteiger partial charge in [0.1, 0.15) is 12.3 Å². The first-order valence-electron chi connectivity index (χ1n) is 11.2. The van der Waals surface area contributed by atoms with Crippen LogP contribution in [-0.4, -0.2) is 47.3 Å². The number of ether oxygens (including phenoxy) is 1. The van der Waals surface area contributed by atoms with Crippen LogP contribution in [0.15, 0.2) is 88.7 Å². The van der Waals surface area contributed by atoms with Gasteiger partial charge >= 0.3 is 0 Å². The maximum absolute atomic E-state index is 12.9. The fourth-order valence-corrected chi connectivity index (χ4v) is 4.70. The predicted molar refractivity (Wildman–Crippen MR) is 147 cm³/mol. The van der Waals surface area contributed by atoms with E-state index in [-0.39, 0.29) is 17.4 Å². The monoisotopic (exact) mass is 533 g/mol. The second-order valence-electron chi connectivity index (χ2n) is 7.79. The SMILES string of the molecule is CSc1cccc(NC(=O)CN2C(=O)S/C(=C/c3ccccc3OCC(=O)Nc3ccccc3)C2=O)c1. The van der Waals surface area contributed by atoms with Gasteiger partial charge in [0.25, 0.3) is 17.1 Å². The molecule has 0 aromatic heterocycles. The van der Waals surface area contributed by atoms with E-state index in [4.69, 9.17) is 4.74 Å². The highest BCUT2D eigenvalue weighted by Crippen LogP contribution is 2.34. The number of carbonyl (C=O) groups excluding carboxylic acids is 4. The van der Waals surface area contributed by atoms with Gasteiger partial charge in [-0.15, -0.1) is 11.8 Å². The molecule has 3 aromatic rings. The zero-order valence-corrected chi connectivity index (χ0v) is 21.4. The van der Waals surface area contributed by atoms with Crippen molar-refractivity contribution in [2.75, 3.05) is 30.0 Å². The van der Waals surface area contributed by atoms with Crippen molar-refractivity contribution in [3.05, 3.63) is 89.3 Å². The molecule has 0 spiro atoms. The maximum atomic E-state index is 12.9. The zero-order chi connectivity index (χ0) is 26.2. The third-order valence-electron chi connectivity index (χ3n) is 5.15. The van der Waals surface area contributed by atoms with Gasteiger partial charge in [0.15, 0.2) is 6.61 Å². The summed E-state index contributed by atoms with van der Waals surface area (Å²) < 4.78 is 5.68. The van der Waals surface area contributed by atoms with Crippen molar-refractivity contribution in [1.29, 1.82) is 0 Å². The lowest BCUT2D eigenvalue weighted by molar-refractivity contribution is -0.127. The highest BCUT2D eigenvalue weighted by atomic mass is 32.2. The normalized spacial score (nSPS) is 14.1. The van der Waals surface area contributed by atoms with Crippen LogP contribution in [0.2, 0.25) is 0 Å². The van der Waals surface area contributed by atoms with Gasteiger partial charge in [0, 0.05) is 21.8 Å².